The number of halogens is 1. The summed E-state index contributed by atoms with van der Waals surface area (Å²) in [7, 11) is 0. The van der Waals surface area contributed by atoms with Gasteiger partial charge in [0.05, 0.1) is 23.0 Å². The summed E-state index contributed by atoms with van der Waals surface area (Å²) in [6.45, 7) is 1.32. The fraction of sp³-hybridized carbons (Fsp3) is 0.467. The van der Waals surface area contributed by atoms with Gasteiger partial charge in [0.15, 0.2) is 0 Å². The first-order valence-corrected chi connectivity index (χ1v) is 7.17. The average Bonchev–Trinajstić information content (AvgIpc) is 3.08. The third kappa shape index (κ3) is 1.78. The lowest BCUT2D eigenvalue weighted by Gasteiger charge is -2.21. The van der Waals surface area contributed by atoms with Gasteiger partial charge in [-0.1, -0.05) is 0 Å². The molecule has 2 heterocycles. The molecule has 2 N–H and O–H groups in total. The first kappa shape index (κ1) is 12.8. The summed E-state index contributed by atoms with van der Waals surface area (Å²) in [5.74, 6) is -1.31. The molecule has 3 atom stereocenters. The topological polar surface area (TPSA) is 69.6 Å². The van der Waals surface area contributed by atoms with Crippen LogP contribution < -0.4 is 10.2 Å². The molecule has 4 rings (SSSR count). The SMILES string of the molecule is O=C1Nc2cc(N3CC4CCC(O)C4C3)c(F)cc2C1=O. The minimum atomic E-state index is -0.713. The van der Waals surface area contributed by atoms with Crippen molar-refractivity contribution in [3.05, 3.63) is 23.5 Å². The van der Waals surface area contributed by atoms with E-state index in [0.29, 0.717) is 30.4 Å². The molecule has 1 aromatic rings. The van der Waals surface area contributed by atoms with Crippen LogP contribution in [0, 0.1) is 17.7 Å². The van der Waals surface area contributed by atoms with Crippen molar-refractivity contribution < 1.29 is 19.1 Å². The molecule has 3 aliphatic rings. The van der Waals surface area contributed by atoms with Gasteiger partial charge in [-0.25, -0.2) is 4.39 Å². The Morgan fingerprint density at radius 3 is 2.81 bits per heavy atom. The van der Waals surface area contributed by atoms with Crippen LogP contribution in [0.1, 0.15) is 23.2 Å². The Bertz CT molecular complexity index is 661. The van der Waals surface area contributed by atoms with Crippen LogP contribution in [0.15, 0.2) is 12.1 Å². The molecule has 1 aromatic carbocycles. The molecular formula is C15H15FN2O3. The number of ketones is 1. The Balaban J connectivity index is 1.67. The maximum Gasteiger partial charge on any atom is 0.296 e. The van der Waals surface area contributed by atoms with E-state index in [1.807, 2.05) is 4.90 Å². The second-order valence-electron chi connectivity index (χ2n) is 6.11. The van der Waals surface area contributed by atoms with Crippen molar-refractivity contribution in [2.45, 2.75) is 18.9 Å². The van der Waals surface area contributed by atoms with Crippen molar-refractivity contribution in [2.75, 3.05) is 23.3 Å². The van der Waals surface area contributed by atoms with E-state index >= 15 is 0 Å². The number of hydrogen-bond acceptors (Lipinski definition) is 4. The fourth-order valence-corrected chi connectivity index (χ4v) is 3.83. The van der Waals surface area contributed by atoms with Crippen molar-refractivity contribution >= 4 is 23.1 Å². The number of fused-ring (bicyclic) bond motifs is 2. The van der Waals surface area contributed by atoms with Crippen LogP contribution in [-0.4, -0.2) is 36.0 Å². The number of carbonyl (C=O) groups is 2. The summed E-state index contributed by atoms with van der Waals surface area (Å²) in [4.78, 5) is 24.8. The van der Waals surface area contributed by atoms with Crippen molar-refractivity contribution in [3.63, 3.8) is 0 Å². The first-order chi connectivity index (χ1) is 10.0. The van der Waals surface area contributed by atoms with Gasteiger partial charge in [-0.05, 0) is 30.9 Å². The molecule has 0 spiro atoms. The van der Waals surface area contributed by atoms with Crippen LogP contribution in [0.3, 0.4) is 0 Å². The van der Waals surface area contributed by atoms with Crippen LogP contribution in [-0.2, 0) is 4.79 Å². The molecule has 2 aliphatic heterocycles. The van der Waals surface area contributed by atoms with Gasteiger partial charge >= 0.3 is 0 Å². The highest BCUT2D eigenvalue weighted by Gasteiger charge is 2.42. The monoisotopic (exact) mass is 290 g/mol. The molecule has 1 saturated carbocycles. The van der Waals surface area contributed by atoms with Crippen LogP contribution in [0.4, 0.5) is 15.8 Å². The molecule has 2 fully saturated rings. The van der Waals surface area contributed by atoms with Gasteiger partial charge in [-0.2, -0.15) is 0 Å². The van der Waals surface area contributed by atoms with Crippen LogP contribution in [0.5, 0.6) is 0 Å². The molecule has 5 nitrogen and oxygen atoms in total. The molecule has 1 aliphatic carbocycles. The minimum absolute atomic E-state index is 0.0978. The average molecular weight is 290 g/mol. The zero-order valence-corrected chi connectivity index (χ0v) is 11.3. The van der Waals surface area contributed by atoms with Crippen LogP contribution in [0.2, 0.25) is 0 Å². The Kier molecular flexibility index (Phi) is 2.60. The number of benzene rings is 1. The normalized spacial score (nSPS) is 30.6. The van der Waals surface area contributed by atoms with E-state index in [4.69, 9.17) is 0 Å². The number of hydrogen-bond donors (Lipinski definition) is 2. The molecular weight excluding hydrogens is 275 g/mol. The van der Waals surface area contributed by atoms with E-state index in [-0.39, 0.29) is 17.6 Å². The first-order valence-electron chi connectivity index (χ1n) is 7.17. The number of Topliss-reactive ketones (excluding diaryl/α,β-unsaturated/α-hetero) is 1. The molecule has 1 amide bonds. The summed E-state index contributed by atoms with van der Waals surface area (Å²) in [5.41, 5.74) is 0.866. The highest BCUT2D eigenvalue weighted by atomic mass is 19.1. The van der Waals surface area contributed by atoms with Gasteiger partial charge in [-0.15, -0.1) is 0 Å². The molecule has 0 bridgehead atoms. The number of nitrogens with zero attached hydrogens (tertiary/aromatic N) is 1. The van der Waals surface area contributed by atoms with Crippen molar-refractivity contribution in [1.29, 1.82) is 0 Å². The molecule has 0 radical (unpaired) electrons. The summed E-state index contributed by atoms with van der Waals surface area (Å²) < 4.78 is 14.3. The quantitative estimate of drug-likeness (QED) is 0.762. The number of carbonyl (C=O) groups excluding carboxylic acids is 2. The highest BCUT2D eigenvalue weighted by Crippen LogP contribution is 2.41. The lowest BCUT2D eigenvalue weighted by molar-refractivity contribution is -0.112. The molecule has 110 valence electrons. The van der Waals surface area contributed by atoms with E-state index in [1.54, 1.807) is 0 Å². The third-order valence-electron chi connectivity index (χ3n) is 4.95. The van der Waals surface area contributed by atoms with Gasteiger partial charge in [0.25, 0.3) is 11.7 Å². The number of aliphatic hydroxyl groups excluding tert-OH is 1. The molecule has 21 heavy (non-hydrogen) atoms. The summed E-state index contributed by atoms with van der Waals surface area (Å²) in [5, 5.41) is 12.4. The Hall–Kier alpha value is -1.95. The molecule has 1 saturated heterocycles. The second kappa shape index (κ2) is 4.27. The zero-order chi connectivity index (χ0) is 14.7. The van der Waals surface area contributed by atoms with E-state index in [9.17, 15) is 19.1 Å². The lowest BCUT2D eigenvalue weighted by Crippen LogP contribution is -2.25. The molecule has 6 heteroatoms. The predicted molar refractivity (Wildman–Crippen MR) is 73.8 cm³/mol. The number of amides is 1. The smallest absolute Gasteiger partial charge is 0.296 e. The van der Waals surface area contributed by atoms with Crippen molar-refractivity contribution in [2.24, 2.45) is 11.8 Å². The zero-order valence-electron chi connectivity index (χ0n) is 11.3. The lowest BCUT2D eigenvalue weighted by atomic mass is 10.00. The van der Waals surface area contributed by atoms with Gasteiger partial charge in [0.1, 0.15) is 5.82 Å². The summed E-state index contributed by atoms with van der Waals surface area (Å²) in [6.07, 6.45) is 1.48. The largest absolute Gasteiger partial charge is 0.393 e. The standard InChI is InChI=1S/C15H15FN2O3/c16-10-3-8-11(17-15(21)14(8)20)4-12(10)18-5-7-1-2-13(19)9(7)6-18/h3-4,7,9,13,19H,1-2,5-6H2,(H,17,20,21). The van der Waals surface area contributed by atoms with Crippen molar-refractivity contribution in [3.8, 4) is 0 Å². The second-order valence-corrected chi connectivity index (χ2v) is 6.11. The summed E-state index contributed by atoms with van der Waals surface area (Å²) >= 11 is 0. The Labute approximate surface area is 120 Å². The maximum absolute atomic E-state index is 14.3. The Morgan fingerprint density at radius 1 is 1.24 bits per heavy atom. The van der Waals surface area contributed by atoms with Crippen LogP contribution in [0.25, 0.3) is 0 Å². The minimum Gasteiger partial charge on any atom is -0.393 e. The van der Waals surface area contributed by atoms with Gasteiger partial charge in [0, 0.05) is 19.0 Å². The van der Waals surface area contributed by atoms with Gasteiger partial charge < -0.3 is 15.3 Å². The highest BCUT2D eigenvalue weighted by molar-refractivity contribution is 6.51. The van der Waals surface area contributed by atoms with E-state index in [1.165, 1.54) is 6.07 Å². The predicted octanol–water partition coefficient (Wildman–Crippen LogP) is 1.17. The van der Waals surface area contributed by atoms with Crippen molar-refractivity contribution in [1.82, 2.24) is 0 Å². The van der Waals surface area contributed by atoms with E-state index in [2.05, 4.69) is 5.32 Å². The molecule has 3 unspecified atom stereocenters. The fourth-order valence-electron chi connectivity index (χ4n) is 3.83. The van der Waals surface area contributed by atoms with Gasteiger partial charge in [0.2, 0.25) is 0 Å². The third-order valence-corrected chi connectivity index (χ3v) is 4.95. The maximum atomic E-state index is 14.3. The van der Waals surface area contributed by atoms with E-state index in [0.717, 1.165) is 18.9 Å². The number of anilines is 2. The van der Waals surface area contributed by atoms with Gasteiger partial charge in [-0.3, -0.25) is 9.59 Å². The number of nitrogens with one attached hydrogen (secondary N) is 1. The molecule has 0 aromatic heterocycles. The van der Waals surface area contributed by atoms with E-state index < -0.39 is 17.5 Å². The number of aliphatic hydroxyl groups is 1. The summed E-state index contributed by atoms with van der Waals surface area (Å²) in [6, 6.07) is 2.66. The number of rotatable bonds is 1. The Morgan fingerprint density at radius 2 is 2.05 bits per heavy atom. The van der Waals surface area contributed by atoms with Crippen LogP contribution >= 0.6 is 0 Å².